The van der Waals surface area contributed by atoms with Crippen LogP contribution in [0.2, 0.25) is 5.02 Å². The standard InChI is InChI=1S/C20H18ClFN2O3S/c1-3-26-17-10-12(9-16-19(25)24(2)20(28)23-16)8-14(21)18(17)27-11-13-6-4-5-7-15(13)22/h4-10H,3,11H2,1-2H3,(H,23,28). The molecular weight excluding hydrogens is 403 g/mol. The number of carbonyl (C=O) groups is 1. The van der Waals surface area contributed by atoms with E-state index in [-0.39, 0.29) is 23.4 Å². The first kappa shape index (κ1) is 20.1. The Labute approximate surface area is 172 Å². The van der Waals surface area contributed by atoms with E-state index in [0.717, 1.165) is 0 Å². The van der Waals surface area contributed by atoms with Crippen molar-refractivity contribution in [1.82, 2.24) is 10.2 Å². The average Bonchev–Trinajstić information content (AvgIpc) is 2.89. The van der Waals surface area contributed by atoms with E-state index in [0.29, 0.717) is 40.0 Å². The molecule has 1 saturated heterocycles. The first-order valence-electron chi connectivity index (χ1n) is 8.54. The fourth-order valence-corrected chi connectivity index (χ4v) is 3.10. The van der Waals surface area contributed by atoms with E-state index < -0.39 is 0 Å². The van der Waals surface area contributed by atoms with Gasteiger partial charge >= 0.3 is 0 Å². The van der Waals surface area contributed by atoms with Gasteiger partial charge in [0.05, 0.1) is 11.6 Å². The number of hydrogen-bond donors (Lipinski definition) is 1. The smallest absolute Gasteiger partial charge is 0.276 e. The van der Waals surface area contributed by atoms with Crippen LogP contribution in [0.1, 0.15) is 18.1 Å². The van der Waals surface area contributed by atoms with Crippen molar-refractivity contribution in [1.29, 1.82) is 0 Å². The Bertz CT molecular complexity index is 964. The number of hydrogen-bond acceptors (Lipinski definition) is 4. The zero-order valence-electron chi connectivity index (χ0n) is 15.3. The van der Waals surface area contributed by atoms with Crippen molar-refractivity contribution in [3.63, 3.8) is 0 Å². The van der Waals surface area contributed by atoms with Crippen LogP contribution in [0.25, 0.3) is 6.08 Å². The fourth-order valence-electron chi connectivity index (χ4n) is 2.63. The number of carbonyl (C=O) groups excluding carboxylic acids is 1. The molecule has 0 aliphatic carbocycles. The maximum absolute atomic E-state index is 13.8. The van der Waals surface area contributed by atoms with Crippen molar-refractivity contribution in [2.24, 2.45) is 0 Å². The van der Waals surface area contributed by atoms with E-state index in [9.17, 15) is 9.18 Å². The summed E-state index contributed by atoms with van der Waals surface area (Å²) in [5.74, 6) is 0.120. The molecule has 0 saturated carbocycles. The lowest BCUT2D eigenvalue weighted by atomic mass is 10.1. The SMILES string of the molecule is CCOc1cc(C=C2NC(=S)N(C)C2=O)cc(Cl)c1OCc1ccccc1F. The largest absolute Gasteiger partial charge is 0.490 e. The molecule has 8 heteroatoms. The lowest BCUT2D eigenvalue weighted by molar-refractivity contribution is -0.121. The van der Waals surface area contributed by atoms with Crippen LogP contribution in [0.5, 0.6) is 11.5 Å². The molecular formula is C20H18ClFN2O3S. The molecule has 28 heavy (non-hydrogen) atoms. The number of rotatable bonds is 6. The predicted octanol–water partition coefficient (Wildman–Crippen LogP) is 4.14. The zero-order valence-corrected chi connectivity index (χ0v) is 16.9. The molecule has 1 N–H and O–H groups in total. The van der Waals surface area contributed by atoms with Gasteiger partial charge in [0.1, 0.15) is 18.1 Å². The number of benzene rings is 2. The molecule has 2 aromatic rings. The molecule has 0 unspecified atom stereocenters. The van der Waals surface area contributed by atoms with Gasteiger partial charge < -0.3 is 14.8 Å². The molecule has 0 atom stereocenters. The third-order valence-corrected chi connectivity index (χ3v) is 4.71. The number of nitrogens with zero attached hydrogens (tertiary/aromatic N) is 1. The Morgan fingerprint density at radius 1 is 1.29 bits per heavy atom. The van der Waals surface area contributed by atoms with Gasteiger partial charge in [0.25, 0.3) is 5.91 Å². The summed E-state index contributed by atoms with van der Waals surface area (Å²) in [4.78, 5) is 13.5. The lowest BCUT2D eigenvalue weighted by Gasteiger charge is -2.15. The van der Waals surface area contributed by atoms with Crippen molar-refractivity contribution < 1.29 is 18.7 Å². The summed E-state index contributed by atoms with van der Waals surface area (Å²) < 4.78 is 25.2. The Morgan fingerprint density at radius 3 is 2.68 bits per heavy atom. The van der Waals surface area contributed by atoms with Gasteiger partial charge in [0.15, 0.2) is 16.6 Å². The first-order valence-corrected chi connectivity index (χ1v) is 9.32. The minimum atomic E-state index is -0.358. The molecule has 1 aliphatic rings. The van der Waals surface area contributed by atoms with Gasteiger partial charge in [-0.15, -0.1) is 0 Å². The summed E-state index contributed by atoms with van der Waals surface area (Å²) in [6.07, 6.45) is 1.63. The maximum Gasteiger partial charge on any atom is 0.276 e. The second-order valence-electron chi connectivity index (χ2n) is 6.00. The van der Waals surface area contributed by atoms with Crippen LogP contribution in [0.15, 0.2) is 42.1 Å². The summed E-state index contributed by atoms with van der Waals surface area (Å²) in [5.41, 5.74) is 1.39. The summed E-state index contributed by atoms with van der Waals surface area (Å²) in [7, 11) is 1.59. The highest BCUT2D eigenvalue weighted by Crippen LogP contribution is 2.38. The first-order chi connectivity index (χ1) is 13.4. The fraction of sp³-hybridized carbons (Fsp3) is 0.200. The minimum Gasteiger partial charge on any atom is -0.490 e. The van der Waals surface area contributed by atoms with Crippen LogP contribution in [0, 0.1) is 5.82 Å². The molecule has 0 spiro atoms. The van der Waals surface area contributed by atoms with Gasteiger partial charge in [0.2, 0.25) is 0 Å². The van der Waals surface area contributed by atoms with Crippen LogP contribution < -0.4 is 14.8 Å². The van der Waals surface area contributed by atoms with Gasteiger partial charge in [-0.25, -0.2) is 4.39 Å². The Balaban J connectivity index is 1.89. The van der Waals surface area contributed by atoms with E-state index in [4.69, 9.17) is 33.3 Å². The van der Waals surface area contributed by atoms with Crippen molar-refractivity contribution in [3.05, 3.63) is 64.1 Å². The van der Waals surface area contributed by atoms with Crippen molar-refractivity contribution in [3.8, 4) is 11.5 Å². The lowest BCUT2D eigenvalue weighted by Crippen LogP contribution is -2.25. The number of thiocarbonyl (C=S) groups is 1. The molecule has 0 radical (unpaired) electrons. The molecule has 5 nitrogen and oxygen atoms in total. The number of amides is 1. The van der Waals surface area contributed by atoms with Gasteiger partial charge in [0, 0.05) is 12.6 Å². The van der Waals surface area contributed by atoms with Crippen molar-refractivity contribution in [2.75, 3.05) is 13.7 Å². The highest BCUT2D eigenvalue weighted by Gasteiger charge is 2.27. The molecule has 3 rings (SSSR count). The van der Waals surface area contributed by atoms with E-state index in [1.54, 1.807) is 43.5 Å². The van der Waals surface area contributed by atoms with Crippen LogP contribution in [-0.4, -0.2) is 29.6 Å². The van der Waals surface area contributed by atoms with Crippen LogP contribution >= 0.6 is 23.8 Å². The number of likely N-dealkylation sites (N-methyl/N-ethyl adjacent to an activating group) is 1. The second-order valence-corrected chi connectivity index (χ2v) is 6.79. The van der Waals surface area contributed by atoms with Crippen LogP contribution in [0.4, 0.5) is 4.39 Å². The number of nitrogens with one attached hydrogen (secondary N) is 1. The average molecular weight is 421 g/mol. The third-order valence-electron chi connectivity index (χ3n) is 4.05. The van der Waals surface area contributed by atoms with Crippen LogP contribution in [-0.2, 0) is 11.4 Å². The predicted molar refractivity (Wildman–Crippen MR) is 110 cm³/mol. The van der Waals surface area contributed by atoms with Gasteiger partial charge in [-0.3, -0.25) is 9.69 Å². The molecule has 1 heterocycles. The van der Waals surface area contributed by atoms with Crippen LogP contribution in [0.3, 0.4) is 0 Å². The third kappa shape index (κ3) is 4.26. The number of ether oxygens (including phenoxy) is 2. The highest BCUT2D eigenvalue weighted by molar-refractivity contribution is 7.80. The normalized spacial score (nSPS) is 15.1. The van der Waals surface area contributed by atoms with Gasteiger partial charge in [-0.2, -0.15) is 0 Å². The minimum absolute atomic E-state index is 0.00596. The topological polar surface area (TPSA) is 50.8 Å². The Morgan fingerprint density at radius 2 is 2.04 bits per heavy atom. The monoisotopic (exact) mass is 420 g/mol. The maximum atomic E-state index is 13.8. The summed E-state index contributed by atoms with van der Waals surface area (Å²) in [6, 6.07) is 9.70. The molecule has 1 amide bonds. The molecule has 0 bridgehead atoms. The van der Waals surface area contributed by atoms with E-state index in [1.165, 1.54) is 11.0 Å². The number of halogens is 2. The van der Waals surface area contributed by atoms with E-state index >= 15 is 0 Å². The summed E-state index contributed by atoms with van der Waals surface area (Å²) >= 11 is 11.5. The van der Waals surface area contributed by atoms with Crippen molar-refractivity contribution >= 4 is 40.9 Å². The molecule has 1 aliphatic heterocycles. The Kier molecular flexibility index (Phi) is 6.16. The Hall–Kier alpha value is -2.64. The summed E-state index contributed by atoms with van der Waals surface area (Å²) in [6.45, 7) is 2.22. The second kappa shape index (κ2) is 8.58. The summed E-state index contributed by atoms with van der Waals surface area (Å²) in [5, 5.41) is 3.47. The molecule has 146 valence electrons. The van der Waals surface area contributed by atoms with Gasteiger partial charge in [-0.1, -0.05) is 29.8 Å². The molecule has 0 aromatic heterocycles. The van der Waals surface area contributed by atoms with E-state index in [2.05, 4.69) is 5.32 Å². The molecule has 1 fully saturated rings. The van der Waals surface area contributed by atoms with E-state index in [1.807, 2.05) is 6.92 Å². The quantitative estimate of drug-likeness (QED) is 0.562. The van der Waals surface area contributed by atoms with Gasteiger partial charge in [-0.05, 0) is 49.0 Å². The zero-order chi connectivity index (χ0) is 20.3. The molecule has 2 aromatic carbocycles. The highest BCUT2D eigenvalue weighted by atomic mass is 35.5. The van der Waals surface area contributed by atoms with Crippen molar-refractivity contribution in [2.45, 2.75) is 13.5 Å².